The molecular formula is C19H16ClFN2OS2. The highest BCUT2D eigenvalue weighted by atomic mass is 35.5. The van der Waals surface area contributed by atoms with Crippen LogP contribution in [0, 0.1) is 5.82 Å². The highest BCUT2D eigenvalue weighted by Gasteiger charge is 2.08. The van der Waals surface area contributed by atoms with E-state index in [0.29, 0.717) is 6.54 Å². The fourth-order valence-corrected chi connectivity index (χ4v) is 4.24. The zero-order valence-electron chi connectivity index (χ0n) is 13.7. The van der Waals surface area contributed by atoms with E-state index in [1.54, 1.807) is 23.9 Å². The molecule has 1 N–H and O–H groups in total. The van der Waals surface area contributed by atoms with Crippen molar-refractivity contribution in [3.8, 4) is 0 Å². The van der Waals surface area contributed by atoms with Crippen molar-refractivity contribution in [2.45, 2.75) is 23.1 Å². The molecule has 3 rings (SSSR count). The maximum atomic E-state index is 12.9. The summed E-state index contributed by atoms with van der Waals surface area (Å²) in [5.74, 6) is 0.390. The van der Waals surface area contributed by atoms with E-state index in [1.807, 2.05) is 29.6 Å². The maximum absolute atomic E-state index is 12.9. The van der Waals surface area contributed by atoms with Gasteiger partial charge in [0.2, 0.25) is 5.91 Å². The molecule has 0 atom stereocenters. The lowest BCUT2D eigenvalue weighted by atomic mass is 10.2. The van der Waals surface area contributed by atoms with Gasteiger partial charge in [-0.1, -0.05) is 47.6 Å². The van der Waals surface area contributed by atoms with Gasteiger partial charge in [-0.25, -0.2) is 9.37 Å². The SMILES string of the molecule is O=C(Cc1csc(SCc2cccc(Cl)c2)n1)NCc1ccc(F)cc1. The van der Waals surface area contributed by atoms with E-state index in [-0.39, 0.29) is 18.1 Å². The summed E-state index contributed by atoms with van der Waals surface area (Å²) < 4.78 is 13.8. The van der Waals surface area contributed by atoms with Crippen molar-refractivity contribution in [3.05, 3.63) is 81.6 Å². The van der Waals surface area contributed by atoms with Crippen LogP contribution in [0.4, 0.5) is 4.39 Å². The molecule has 2 aromatic carbocycles. The van der Waals surface area contributed by atoms with Crippen LogP contribution in [-0.4, -0.2) is 10.9 Å². The van der Waals surface area contributed by atoms with Crippen molar-refractivity contribution >= 4 is 40.6 Å². The van der Waals surface area contributed by atoms with E-state index >= 15 is 0 Å². The molecule has 134 valence electrons. The van der Waals surface area contributed by atoms with Crippen molar-refractivity contribution in [2.24, 2.45) is 0 Å². The maximum Gasteiger partial charge on any atom is 0.226 e. The minimum Gasteiger partial charge on any atom is -0.352 e. The first-order chi connectivity index (χ1) is 12.6. The molecular weight excluding hydrogens is 391 g/mol. The number of hydrogen-bond acceptors (Lipinski definition) is 4. The second-order valence-electron chi connectivity index (χ2n) is 5.60. The van der Waals surface area contributed by atoms with Crippen LogP contribution in [-0.2, 0) is 23.5 Å². The highest BCUT2D eigenvalue weighted by Crippen LogP contribution is 2.27. The third-order valence-corrected chi connectivity index (χ3v) is 5.90. The van der Waals surface area contributed by atoms with Gasteiger partial charge in [-0.2, -0.15) is 0 Å². The Hall–Kier alpha value is -1.89. The summed E-state index contributed by atoms with van der Waals surface area (Å²) in [6.45, 7) is 0.375. The minimum absolute atomic E-state index is 0.106. The average Bonchev–Trinajstić information content (AvgIpc) is 3.07. The fraction of sp³-hybridized carbons (Fsp3) is 0.158. The average molecular weight is 407 g/mol. The van der Waals surface area contributed by atoms with Gasteiger partial charge in [0.1, 0.15) is 10.2 Å². The minimum atomic E-state index is -0.287. The number of nitrogens with zero attached hydrogens (tertiary/aromatic N) is 1. The van der Waals surface area contributed by atoms with Crippen molar-refractivity contribution in [2.75, 3.05) is 0 Å². The summed E-state index contributed by atoms with van der Waals surface area (Å²) in [7, 11) is 0. The summed E-state index contributed by atoms with van der Waals surface area (Å²) in [6, 6.07) is 13.8. The summed E-state index contributed by atoms with van der Waals surface area (Å²) in [5.41, 5.74) is 2.74. The molecule has 0 radical (unpaired) electrons. The van der Waals surface area contributed by atoms with Gasteiger partial charge in [0.05, 0.1) is 12.1 Å². The van der Waals surface area contributed by atoms with Crippen LogP contribution in [0.2, 0.25) is 5.02 Å². The van der Waals surface area contributed by atoms with E-state index in [2.05, 4.69) is 10.3 Å². The number of halogens is 2. The molecule has 0 unspecified atom stereocenters. The Labute approximate surface area is 164 Å². The lowest BCUT2D eigenvalue weighted by molar-refractivity contribution is -0.120. The van der Waals surface area contributed by atoms with Gasteiger partial charge in [0.25, 0.3) is 0 Å². The molecule has 1 amide bonds. The molecule has 0 aliphatic carbocycles. The number of nitrogens with one attached hydrogen (secondary N) is 1. The summed E-state index contributed by atoms with van der Waals surface area (Å²) in [4.78, 5) is 16.5. The van der Waals surface area contributed by atoms with Crippen LogP contribution in [0.15, 0.2) is 58.3 Å². The normalized spacial score (nSPS) is 10.7. The van der Waals surface area contributed by atoms with E-state index in [4.69, 9.17) is 11.6 Å². The zero-order chi connectivity index (χ0) is 18.4. The number of amides is 1. The van der Waals surface area contributed by atoms with Gasteiger partial charge in [0.15, 0.2) is 0 Å². The van der Waals surface area contributed by atoms with Gasteiger partial charge >= 0.3 is 0 Å². The van der Waals surface area contributed by atoms with Gasteiger partial charge in [-0.15, -0.1) is 11.3 Å². The van der Waals surface area contributed by atoms with E-state index in [9.17, 15) is 9.18 Å². The van der Waals surface area contributed by atoms with Crippen LogP contribution in [0.1, 0.15) is 16.8 Å². The number of carbonyl (C=O) groups is 1. The molecule has 0 aliphatic rings. The first-order valence-corrected chi connectivity index (χ1v) is 10.2. The molecule has 0 saturated heterocycles. The number of thiazole rings is 1. The predicted octanol–water partition coefficient (Wildman–Crippen LogP) is 5.09. The van der Waals surface area contributed by atoms with E-state index in [1.165, 1.54) is 23.5 Å². The molecule has 26 heavy (non-hydrogen) atoms. The third kappa shape index (κ3) is 5.83. The second-order valence-corrected chi connectivity index (χ2v) is 8.12. The largest absolute Gasteiger partial charge is 0.352 e. The van der Waals surface area contributed by atoms with Crippen molar-refractivity contribution in [1.82, 2.24) is 10.3 Å². The number of aromatic nitrogens is 1. The van der Waals surface area contributed by atoms with Crippen LogP contribution in [0.3, 0.4) is 0 Å². The topological polar surface area (TPSA) is 42.0 Å². The zero-order valence-corrected chi connectivity index (χ0v) is 16.1. The third-order valence-electron chi connectivity index (χ3n) is 3.53. The monoisotopic (exact) mass is 406 g/mol. The Morgan fingerprint density at radius 1 is 1.19 bits per heavy atom. The number of thioether (sulfide) groups is 1. The van der Waals surface area contributed by atoms with Crippen LogP contribution < -0.4 is 5.32 Å². The molecule has 0 saturated carbocycles. The summed E-state index contributed by atoms with van der Waals surface area (Å²) in [6.07, 6.45) is 0.232. The van der Waals surface area contributed by atoms with Crippen molar-refractivity contribution in [3.63, 3.8) is 0 Å². The van der Waals surface area contributed by atoms with Gasteiger partial charge in [-0.05, 0) is 35.4 Å². The molecule has 7 heteroatoms. The molecule has 0 fully saturated rings. The Morgan fingerprint density at radius 2 is 2.00 bits per heavy atom. The number of hydrogen-bond donors (Lipinski definition) is 1. The van der Waals surface area contributed by atoms with Crippen LogP contribution in [0.5, 0.6) is 0 Å². The number of carbonyl (C=O) groups excluding carboxylic acids is 1. The van der Waals surface area contributed by atoms with E-state index in [0.717, 1.165) is 31.9 Å². The Balaban J connectivity index is 1.46. The molecule has 0 bridgehead atoms. The molecule has 3 aromatic rings. The quantitative estimate of drug-likeness (QED) is 0.556. The first kappa shape index (κ1) is 18.9. The lowest BCUT2D eigenvalue weighted by Gasteiger charge is -2.04. The van der Waals surface area contributed by atoms with Gasteiger partial charge in [-0.3, -0.25) is 4.79 Å². The van der Waals surface area contributed by atoms with Crippen molar-refractivity contribution in [1.29, 1.82) is 0 Å². The van der Waals surface area contributed by atoms with Gasteiger partial charge < -0.3 is 5.32 Å². The molecule has 1 heterocycles. The van der Waals surface area contributed by atoms with Crippen molar-refractivity contribution < 1.29 is 9.18 Å². The Kier molecular flexibility index (Phi) is 6.66. The molecule has 0 aliphatic heterocycles. The highest BCUT2D eigenvalue weighted by molar-refractivity contribution is 8.00. The van der Waals surface area contributed by atoms with Gasteiger partial charge in [0, 0.05) is 22.7 Å². The van der Waals surface area contributed by atoms with Crippen LogP contribution >= 0.6 is 34.7 Å². The summed E-state index contributed by atoms with van der Waals surface area (Å²) in [5, 5.41) is 5.45. The lowest BCUT2D eigenvalue weighted by Crippen LogP contribution is -2.24. The first-order valence-electron chi connectivity index (χ1n) is 7.91. The Morgan fingerprint density at radius 3 is 2.77 bits per heavy atom. The number of benzene rings is 2. The predicted molar refractivity (Wildman–Crippen MR) is 105 cm³/mol. The standard InChI is InChI=1S/C19H16ClFN2OS2/c20-15-3-1-2-14(8-15)11-25-19-23-17(12-26-19)9-18(24)22-10-13-4-6-16(21)7-5-13/h1-8,12H,9-11H2,(H,22,24). The number of rotatable bonds is 7. The Bertz CT molecular complexity index is 883. The molecule has 3 nitrogen and oxygen atoms in total. The van der Waals surface area contributed by atoms with Crippen LogP contribution in [0.25, 0.3) is 0 Å². The fourth-order valence-electron chi connectivity index (χ4n) is 2.24. The smallest absolute Gasteiger partial charge is 0.226 e. The van der Waals surface area contributed by atoms with E-state index < -0.39 is 0 Å². The molecule has 1 aromatic heterocycles. The second kappa shape index (κ2) is 9.16. The summed E-state index contributed by atoms with van der Waals surface area (Å²) >= 11 is 9.14. The molecule has 0 spiro atoms.